The van der Waals surface area contributed by atoms with E-state index < -0.39 is 36.0 Å². The van der Waals surface area contributed by atoms with Crippen LogP contribution >= 0.6 is 0 Å². The molecule has 1 unspecified atom stereocenters. The molecule has 2 N–H and O–H groups in total. The van der Waals surface area contributed by atoms with Crippen LogP contribution in [0.3, 0.4) is 0 Å². The first-order valence-electron chi connectivity index (χ1n) is 17.1. The van der Waals surface area contributed by atoms with Crippen LogP contribution in [0.15, 0.2) is 59.7 Å². The Kier molecular flexibility index (Phi) is 13.3. The van der Waals surface area contributed by atoms with Crippen LogP contribution in [0.2, 0.25) is 0 Å². The lowest BCUT2D eigenvalue weighted by atomic mass is 9.89. The van der Waals surface area contributed by atoms with Crippen molar-refractivity contribution in [3.05, 3.63) is 65.4 Å². The minimum Gasteiger partial charge on any atom is -0.456 e. The number of nitrogens with zero attached hydrogens (tertiary/aromatic N) is 3. The summed E-state index contributed by atoms with van der Waals surface area (Å²) in [5.41, 5.74) is 6.31. The molecule has 252 valence electrons. The van der Waals surface area contributed by atoms with E-state index in [2.05, 4.69) is 21.3 Å². The molecule has 2 fully saturated rings. The molecule has 1 saturated carbocycles. The van der Waals surface area contributed by atoms with E-state index in [0.717, 1.165) is 18.8 Å². The summed E-state index contributed by atoms with van der Waals surface area (Å²) in [4.78, 5) is 34.8. The summed E-state index contributed by atoms with van der Waals surface area (Å²) in [5, 5.41) is 22.1. The first-order valence-corrected chi connectivity index (χ1v) is 17.1. The molecular weight excluding hydrogens is 582 g/mol. The quantitative estimate of drug-likeness (QED) is 0.184. The highest BCUT2D eigenvalue weighted by atomic mass is 16.6. The Bertz CT molecular complexity index is 1270. The summed E-state index contributed by atoms with van der Waals surface area (Å²) in [7, 11) is 0. The van der Waals surface area contributed by atoms with Gasteiger partial charge >= 0.3 is 12.1 Å². The summed E-state index contributed by atoms with van der Waals surface area (Å²) in [6, 6.07) is 6.35. The molecular formula is C37H53N3O6. The number of cyclic esters (lactones) is 1. The Morgan fingerprint density at radius 3 is 2.52 bits per heavy atom. The third-order valence-electron chi connectivity index (χ3n) is 9.65. The van der Waals surface area contributed by atoms with Gasteiger partial charge in [-0.15, -0.1) is 0 Å². The molecule has 1 aliphatic carbocycles. The lowest BCUT2D eigenvalue weighted by molar-refractivity contribution is -0.151. The minimum absolute atomic E-state index is 0.0188. The second kappa shape index (κ2) is 17.1. The zero-order valence-electron chi connectivity index (χ0n) is 28.1. The molecule has 0 radical (unpaired) electrons. The molecule has 2 aliphatic heterocycles. The normalized spacial score (nSPS) is 30.2. The van der Waals surface area contributed by atoms with E-state index in [4.69, 9.17) is 9.47 Å². The zero-order chi connectivity index (χ0) is 33.1. The minimum atomic E-state index is -1.46. The summed E-state index contributed by atoms with van der Waals surface area (Å²) in [6.45, 7) is 10.2. The lowest BCUT2D eigenvalue weighted by Crippen LogP contribution is -2.53. The van der Waals surface area contributed by atoms with Gasteiger partial charge in [0, 0.05) is 61.5 Å². The van der Waals surface area contributed by atoms with Crippen LogP contribution in [0.1, 0.15) is 97.1 Å². The van der Waals surface area contributed by atoms with Crippen molar-refractivity contribution in [1.29, 1.82) is 0 Å². The fourth-order valence-electron chi connectivity index (χ4n) is 6.58. The number of aromatic nitrogens is 1. The van der Waals surface area contributed by atoms with Crippen molar-refractivity contribution in [3.63, 3.8) is 0 Å². The van der Waals surface area contributed by atoms with Crippen LogP contribution in [-0.4, -0.2) is 93.2 Å². The van der Waals surface area contributed by atoms with Gasteiger partial charge in [-0.3, -0.25) is 14.7 Å². The van der Waals surface area contributed by atoms with Gasteiger partial charge in [0.15, 0.2) is 6.10 Å². The number of piperazine rings is 1. The van der Waals surface area contributed by atoms with E-state index in [-0.39, 0.29) is 31.1 Å². The average molecular weight is 636 g/mol. The fraction of sp³-hybridized carbons (Fsp3) is 0.649. The maximum absolute atomic E-state index is 13.4. The van der Waals surface area contributed by atoms with E-state index in [1.165, 1.54) is 38.5 Å². The van der Waals surface area contributed by atoms with Crippen molar-refractivity contribution in [1.82, 2.24) is 14.8 Å². The smallest absolute Gasteiger partial charge is 0.410 e. The maximum Gasteiger partial charge on any atom is 0.410 e. The molecule has 9 nitrogen and oxygen atoms in total. The summed E-state index contributed by atoms with van der Waals surface area (Å²) in [6.07, 6.45) is 11.7. The average Bonchev–Trinajstić information content (AvgIpc) is 3.34. The van der Waals surface area contributed by atoms with Gasteiger partial charge in [0.25, 0.3) is 0 Å². The molecule has 46 heavy (non-hydrogen) atoms. The predicted molar refractivity (Wildman–Crippen MR) is 177 cm³/mol. The van der Waals surface area contributed by atoms with Crippen molar-refractivity contribution in [2.45, 2.75) is 121 Å². The molecule has 6 atom stereocenters. The monoisotopic (exact) mass is 635 g/mol. The van der Waals surface area contributed by atoms with Gasteiger partial charge in [-0.2, -0.15) is 0 Å². The van der Waals surface area contributed by atoms with Crippen molar-refractivity contribution < 1.29 is 29.3 Å². The number of allylic oxidation sites excluding steroid dienone is 1. The second-order valence-electron chi connectivity index (χ2n) is 13.5. The largest absolute Gasteiger partial charge is 0.456 e. The molecule has 3 aliphatic rings. The lowest BCUT2D eigenvalue weighted by Gasteiger charge is -2.40. The third kappa shape index (κ3) is 10.4. The van der Waals surface area contributed by atoms with Gasteiger partial charge in [0.2, 0.25) is 0 Å². The van der Waals surface area contributed by atoms with Gasteiger partial charge in [-0.05, 0) is 63.8 Å². The maximum atomic E-state index is 13.4. The van der Waals surface area contributed by atoms with Crippen LogP contribution in [0.25, 0.3) is 0 Å². The number of rotatable bonds is 5. The van der Waals surface area contributed by atoms with Gasteiger partial charge in [0.05, 0.1) is 12.5 Å². The van der Waals surface area contributed by atoms with Crippen LogP contribution in [0, 0.1) is 5.92 Å². The Hall–Kier alpha value is -3.19. The topological polar surface area (TPSA) is 112 Å². The molecule has 0 bridgehead atoms. The number of amides is 1. The molecule has 1 aromatic heterocycles. The van der Waals surface area contributed by atoms with Crippen molar-refractivity contribution in [3.8, 4) is 0 Å². The van der Waals surface area contributed by atoms with Gasteiger partial charge < -0.3 is 24.6 Å². The number of carbonyl (C=O) groups is 2. The highest BCUT2D eigenvalue weighted by molar-refractivity contribution is 5.70. The van der Waals surface area contributed by atoms with Gasteiger partial charge in [-0.1, -0.05) is 63.1 Å². The Morgan fingerprint density at radius 2 is 1.85 bits per heavy atom. The number of pyridine rings is 1. The number of hydrogen-bond acceptors (Lipinski definition) is 8. The summed E-state index contributed by atoms with van der Waals surface area (Å²) < 4.78 is 11.8. The fourth-order valence-corrected chi connectivity index (χ4v) is 6.58. The van der Waals surface area contributed by atoms with Gasteiger partial charge in [0.1, 0.15) is 11.7 Å². The van der Waals surface area contributed by atoms with Crippen LogP contribution in [0.5, 0.6) is 0 Å². The van der Waals surface area contributed by atoms with E-state index in [1.54, 1.807) is 24.1 Å². The van der Waals surface area contributed by atoms with Crippen molar-refractivity contribution in [2.75, 3.05) is 26.2 Å². The first kappa shape index (κ1) is 35.7. The second-order valence-corrected chi connectivity index (χ2v) is 13.5. The van der Waals surface area contributed by atoms with Crippen molar-refractivity contribution in [2.24, 2.45) is 5.92 Å². The van der Waals surface area contributed by atoms with Crippen molar-refractivity contribution >= 4 is 12.1 Å². The van der Waals surface area contributed by atoms with E-state index in [0.29, 0.717) is 24.7 Å². The highest BCUT2D eigenvalue weighted by Gasteiger charge is 2.37. The molecule has 1 amide bonds. The molecule has 1 aromatic rings. The van der Waals surface area contributed by atoms with E-state index >= 15 is 0 Å². The number of aliphatic hydroxyl groups is 2. The third-order valence-corrected chi connectivity index (χ3v) is 9.65. The number of aliphatic hydroxyl groups excluding tert-OH is 1. The number of ether oxygens (including phenoxy) is 2. The van der Waals surface area contributed by atoms with Crippen LogP contribution in [-0.2, 0) is 14.3 Å². The highest BCUT2D eigenvalue weighted by Crippen LogP contribution is 2.28. The number of esters is 1. The molecule has 4 rings (SSSR count). The number of carbonyl (C=O) groups excluding carboxylic acids is 2. The van der Waals surface area contributed by atoms with Gasteiger partial charge in [-0.25, -0.2) is 4.79 Å². The predicted octanol–water partition coefficient (Wildman–Crippen LogP) is 5.69. The van der Waals surface area contributed by atoms with E-state index in [9.17, 15) is 19.8 Å². The molecule has 0 spiro atoms. The summed E-state index contributed by atoms with van der Waals surface area (Å²) >= 11 is 0. The molecule has 0 aromatic carbocycles. The van der Waals surface area contributed by atoms with E-state index in [1.807, 2.05) is 51.1 Å². The SMILES string of the molecule is CC(=C=C=C[C@@H](C)c1ccccn1)[C@H]1OC(=O)CC(O)CC[C@@](C)(O)[C@@H](OC(=O)N2CCN(C3CCCCCC3)CC2)/C=C/[C@@H]1C. The molecule has 1 saturated heterocycles. The zero-order valence-corrected chi connectivity index (χ0v) is 28.1. The first-order chi connectivity index (χ1) is 22.0. The molecule has 3 heterocycles. The Balaban J connectivity index is 1.49. The molecule has 9 heteroatoms. The number of hydrogen-bond donors (Lipinski definition) is 2. The Labute approximate surface area is 274 Å². The van der Waals surface area contributed by atoms with Crippen LogP contribution < -0.4 is 0 Å². The summed E-state index contributed by atoms with van der Waals surface area (Å²) in [5.74, 6) is -0.857. The standard InChI is InChI=1S/C37H53N3O6/c1-27(32-16-9-10-21-38-32)12-11-13-28(2)35-29(3)17-18-33(37(4,44)20-19-31(41)26-34(42)46-35)45-36(43)40-24-22-39(23-25-40)30-14-7-5-6-8-15-30/h9-10,12,16-18,21,27,29-31,33,35,41,44H,5-8,14-15,19-20,22-26H2,1-4H3/b18-17+,28-12?/t27-,29+,31?,33+,35-,37-/m1/s1. The van der Waals surface area contributed by atoms with Crippen LogP contribution in [0.4, 0.5) is 4.79 Å². The Morgan fingerprint density at radius 1 is 1.13 bits per heavy atom.